The third-order valence-electron chi connectivity index (χ3n) is 3.98. The summed E-state index contributed by atoms with van der Waals surface area (Å²) in [5, 5.41) is 7.25. The van der Waals surface area contributed by atoms with Crippen molar-refractivity contribution in [2.45, 2.75) is 40.2 Å². The van der Waals surface area contributed by atoms with Gasteiger partial charge < -0.3 is 11.1 Å². The second-order valence-electron chi connectivity index (χ2n) is 5.82. The minimum atomic E-state index is -0.519. The van der Waals surface area contributed by atoms with Crippen molar-refractivity contribution < 1.29 is 4.79 Å². The van der Waals surface area contributed by atoms with Crippen LogP contribution in [0.25, 0.3) is 5.69 Å². The van der Waals surface area contributed by atoms with Crippen molar-refractivity contribution in [2.24, 2.45) is 11.7 Å². The van der Waals surface area contributed by atoms with Crippen LogP contribution >= 0.6 is 12.4 Å². The molecule has 0 fully saturated rings. The lowest BCUT2D eigenvalue weighted by Gasteiger charge is -2.16. The summed E-state index contributed by atoms with van der Waals surface area (Å²) in [5.74, 6) is 0.477. The smallest absolute Gasteiger partial charge is 0.242 e. The number of anilines is 1. The van der Waals surface area contributed by atoms with Crippen LogP contribution in [0.2, 0.25) is 0 Å². The topological polar surface area (TPSA) is 72.9 Å². The van der Waals surface area contributed by atoms with Gasteiger partial charge in [-0.15, -0.1) is 17.5 Å². The summed E-state index contributed by atoms with van der Waals surface area (Å²) in [5.41, 5.74) is 9.06. The van der Waals surface area contributed by atoms with Gasteiger partial charge in [0.1, 0.15) is 0 Å². The zero-order valence-corrected chi connectivity index (χ0v) is 14.9. The van der Waals surface area contributed by atoms with Crippen LogP contribution in [-0.2, 0) is 4.79 Å². The quantitative estimate of drug-likeness (QED) is 0.880. The molecular weight excluding hydrogens is 312 g/mol. The number of rotatable bonds is 5. The van der Waals surface area contributed by atoms with Gasteiger partial charge in [-0.1, -0.05) is 38.0 Å². The summed E-state index contributed by atoms with van der Waals surface area (Å²) >= 11 is 0. The van der Waals surface area contributed by atoms with Crippen molar-refractivity contribution in [3.63, 3.8) is 0 Å². The highest BCUT2D eigenvalue weighted by atomic mass is 35.5. The molecule has 0 aliphatic carbocycles. The Morgan fingerprint density at radius 2 is 1.91 bits per heavy atom. The minimum absolute atomic E-state index is 0. The summed E-state index contributed by atoms with van der Waals surface area (Å²) < 4.78 is 1.81. The summed E-state index contributed by atoms with van der Waals surface area (Å²) in [7, 11) is 0. The largest absolute Gasteiger partial charge is 0.320 e. The van der Waals surface area contributed by atoms with E-state index in [-0.39, 0.29) is 24.2 Å². The molecule has 2 rings (SSSR count). The number of hydrogen-bond acceptors (Lipinski definition) is 3. The van der Waals surface area contributed by atoms with E-state index in [1.165, 1.54) is 5.56 Å². The first-order chi connectivity index (χ1) is 10.4. The van der Waals surface area contributed by atoms with Crippen molar-refractivity contribution >= 4 is 24.1 Å². The van der Waals surface area contributed by atoms with Gasteiger partial charge >= 0.3 is 0 Å². The van der Waals surface area contributed by atoms with E-state index in [1.54, 1.807) is 0 Å². The molecule has 2 unspecified atom stereocenters. The fraction of sp³-hybridized carbons (Fsp3) is 0.412. The van der Waals surface area contributed by atoms with Crippen molar-refractivity contribution in [3.05, 3.63) is 41.6 Å². The first kappa shape index (κ1) is 19.2. The molecule has 1 heterocycles. The monoisotopic (exact) mass is 336 g/mol. The molecule has 23 heavy (non-hydrogen) atoms. The van der Waals surface area contributed by atoms with Crippen molar-refractivity contribution in [3.8, 4) is 5.69 Å². The van der Waals surface area contributed by atoms with Gasteiger partial charge in [-0.3, -0.25) is 4.79 Å². The Labute approximate surface area is 143 Å². The van der Waals surface area contributed by atoms with Crippen LogP contribution in [0, 0.1) is 19.8 Å². The Morgan fingerprint density at radius 3 is 2.48 bits per heavy atom. The van der Waals surface area contributed by atoms with Gasteiger partial charge in [0.25, 0.3) is 0 Å². The summed E-state index contributed by atoms with van der Waals surface area (Å²) in [6, 6.07) is 9.41. The molecule has 5 nitrogen and oxygen atoms in total. The lowest BCUT2D eigenvalue weighted by Crippen LogP contribution is -2.40. The number of aryl methyl sites for hydroxylation is 2. The molecule has 0 saturated heterocycles. The van der Waals surface area contributed by atoms with E-state index in [9.17, 15) is 4.79 Å². The average Bonchev–Trinajstić information content (AvgIpc) is 2.86. The van der Waals surface area contributed by atoms with E-state index in [0.29, 0.717) is 5.82 Å². The fourth-order valence-electron chi connectivity index (χ4n) is 2.20. The second kappa shape index (κ2) is 8.13. The summed E-state index contributed by atoms with van der Waals surface area (Å²) in [6.07, 6.45) is 0.866. The predicted molar refractivity (Wildman–Crippen MR) is 96.3 cm³/mol. The van der Waals surface area contributed by atoms with Gasteiger partial charge in [-0.05, 0) is 31.9 Å². The van der Waals surface area contributed by atoms with E-state index >= 15 is 0 Å². The number of nitrogens with zero attached hydrogens (tertiary/aromatic N) is 2. The molecule has 0 radical (unpaired) electrons. The van der Waals surface area contributed by atoms with Crippen molar-refractivity contribution in [1.29, 1.82) is 0 Å². The standard InChI is InChI=1S/C17H24N4O.ClH/c1-5-12(3)16(18)17(22)19-15-10-13(4)21(20-15)14-8-6-11(2)7-9-14;/h6-10,12,16H,5,18H2,1-4H3,(H,19,20,22);1H. The number of hydrogen-bond donors (Lipinski definition) is 2. The maximum atomic E-state index is 12.1. The normalized spacial score (nSPS) is 13.1. The highest BCUT2D eigenvalue weighted by molar-refractivity contribution is 5.94. The number of halogens is 1. The van der Waals surface area contributed by atoms with Crippen LogP contribution in [0.5, 0.6) is 0 Å². The number of carbonyl (C=O) groups is 1. The minimum Gasteiger partial charge on any atom is -0.320 e. The molecule has 0 spiro atoms. The first-order valence-electron chi connectivity index (χ1n) is 7.62. The number of amides is 1. The maximum Gasteiger partial charge on any atom is 0.242 e. The molecule has 0 bridgehead atoms. The Morgan fingerprint density at radius 1 is 1.30 bits per heavy atom. The van der Waals surface area contributed by atoms with Crippen molar-refractivity contribution in [2.75, 3.05) is 5.32 Å². The lowest BCUT2D eigenvalue weighted by molar-refractivity contribution is -0.118. The van der Waals surface area contributed by atoms with Crippen molar-refractivity contribution in [1.82, 2.24) is 9.78 Å². The molecule has 0 aliphatic rings. The molecule has 1 aromatic heterocycles. The molecule has 0 aliphatic heterocycles. The van der Waals surface area contributed by atoms with E-state index in [1.807, 2.05) is 62.7 Å². The van der Waals surface area contributed by atoms with Crippen LogP contribution in [0.1, 0.15) is 31.5 Å². The first-order valence-corrected chi connectivity index (χ1v) is 7.62. The van der Waals surface area contributed by atoms with E-state index in [2.05, 4.69) is 10.4 Å². The zero-order chi connectivity index (χ0) is 16.3. The third kappa shape index (κ3) is 4.56. The van der Waals surface area contributed by atoms with Gasteiger partial charge in [-0.25, -0.2) is 4.68 Å². The van der Waals surface area contributed by atoms with Crippen LogP contribution in [0.15, 0.2) is 30.3 Å². The number of nitrogens with two attached hydrogens (primary N) is 1. The average molecular weight is 337 g/mol. The summed E-state index contributed by atoms with van der Waals surface area (Å²) in [6.45, 7) is 7.99. The van der Waals surface area contributed by atoms with E-state index < -0.39 is 6.04 Å². The Kier molecular flexibility index (Phi) is 6.79. The lowest BCUT2D eigenvalue weighted by atomic mass is 9.99. The third-order valence-corrected chi connectivity index (χ3v) is 3.98. The SMILES string of the molecule is CCC(C)C(N)C(=O)Nc1cc(C)n(-c2ccc(C)cc2)n1.Cl. The van der Waals surface area contributed by atoms with Gasteiger partial charge in [0.15, 0.2) is 5.82 Å². The van der Waals surface area contributed by atoms with Crippen LogP contribution < -0.4 is 11.1 Å². The van der Waals surface area contributed by atoms with Gasteiger partial charge in [0.2, 0.25) is 5.91 Å². The molecule has 1 aromatic carbocycles. The number of benzene rings is 1. The molecule has 6 heteroatoms. The highest BCUT2D eigenvalue weighted by Crippen LogP contribution is 2.16. The summed E-state index contributed by atoms with van der Waals surface area (Å²) in [4.78, 5) is 12.1. The number of nitrogens with one attached hydrogen (secondary N) is 1. The molecule has 2 aromatic rings. The molecule has 0 saturated carbocycles. The van der Waals surface area contributed by atoms with E-state index in [0.717, 1.165) is 17.8 Å². The fourth-order valence-corrected chi connectivity index (χ4v) is 2.20. The Balaban J connectivity index is 0.00000264. The Hall–Kier alpha value is -1.85. The molecule has 1 amide bonds. The number of aromatic nitrogens is 2. The zero-order valence-electron chi connectivity index (χ0n) is 14.0. The molecule has 3 N–H and O–H groups in total. The maximum absolute atomic E-state index is 12.1. The highest BCUT2D eigenvalue weighted by Gasteiger charge is 2.20. The van der Waals surface area contributed by atoms with Crippen LogP contribution in [-0.4, -0.2) is 21.7 Å². The van der Waals surface area contributed by atoms with E-state index in [4.69, 9.17) is 5.73 Å². The number of carbonyl (C=O) groups excluding carboxylic acids is 1. The van der Waals surface area contributed by atoms with Gasteiger partial charge in [0.05, 0.1) is 11.7 Å². The van der Waals surface area contributed by atoms with Crippen LogP contribution in [0.3, 0.4) is 0 Å². The predicted octanol–water partition coefficient (Wildman–Crippen LogP) is 3.22. The Bertz CT molecular complexity index is 651. The molecule has 2 atom stereocenters. The van der Waals surface area contributed by atoms with Gasteiger partial charge in [0, 0.05) is 11.8 Å². The van der Waals surface area contributed by atoms with Gasteiger partial charge in [-0.2, -0.15) is 0 Å². The molecule has 126 valence electrons. The van der Waals surface area contributed by atoms with Crippen LogP contribution in [0.4, 0.5) is 5.82 Å². The molecular formula is C17H25ClN4O. The second-order valence-corrected chi connectivity index (χ2v) is 5.82.